The normalized spacial score (nSPS) is 16.4. The van der Waals surface area contributed by atoms with E-state index in [4.69, 9.17) is 21.1 Å². The number of methoxy groups -OCH3 is 2. The van der Waals surface area contributed by atoms with Crippen LogP contribution in [0.4, 0.5) is 5.69 Å². The first-order valence-electron chi connectivity index (χ1n) is 7.98. The summed E-state index contributed by atoms with van der Waals surface area (Å²) in [4.78, 5) is 39.1. The van der Waals surface area contributed by atoms with Gasteiger partial charge in [-0.25, -0.2) is 0 Å². The predicted octanol–water partition coefficient (Wildman–Crippen LogP) is 0.914. The van der Waals surface area contributed by atoms with Crippen molar-refractivity contribution in [3.63, 3.8) is 0 Å². The molecule has 0 saturated carbocycles. The number of hydrogen-bond acceptors (Lipinski definition) is 5. The van der Waals surface area contributed by atoms with Crippen LogP contribution < -0.4 is 19.7 Å². The number of amides is 3. The van der Waals surface area contributed by atoms with Gasteiger partial charge in [-0.2, -0.15) is 0 Å². The molecule has 1 N–H and O–H groups in total. The second kappa shape index (κ2) is 8.27. The molecule has 1 fully saturated rings. The summed E-state index contributed by atoms with van der Waals surface area (Å²) < 4.78 is 10.5. The Labute approximate surface area is 157 Å². The zero-order chi connectivity index (χ0) is 19.4. The number of anilines is 1. The summed E-state index contributed by atoms with van der Waals surface area (Å²) in [6, 6.07) is 3.17. The van der Waals surface area contributed by atoms with E-state index in [-0.39, 0.29) is 37.2 Å². The topological polar surface area (TPSA) is 88.2 Å². The molecular formula is C17H22ClN3O5. The molecule has 8 nitrogen and oxygen atoms in total. The van der Waals surface area contributed by atoms with Gasteiger partial charge in [-0.3, -0.25) is 14.4 Å². The average Bonchev–Trinajstić information content (AvgIpc) is 3.00. The number of carbonyl (C=O) groups excluding carboxylic acids is 3. The molecule has 1 atom stereocenters. The average molecular weight is 384 g/mol. The van der Waals surface area contributed by atoms with Gasteiger partial charge in [0.05, 0.1) is 37.4 Å². The summed E-state index contributed by atoms with van der Waals surface area (Å²) in [5.74, 6) is -0.483. The third kappa shape index (κ3) is 4.19. The van der Waals surface area contributed by atoms with Gasteiger partial charge < -0.3 is 24.6 Å². The van der Waals surface area contributed by atoms with Crippen molar-refractivity contribution < 1.29 is 23.9 Å². The second-order valence-corrected chi connectivity index (χ2v) is 6.48. The molecule has 0 aliphatic carbocycles. The molecule has 1 aromatic rings. The van der Waals surface area contributed by atoms with Crippen molar-refractivity contribution in [2.24, 2.45) is 5.92 Å². The predicted molar refractivity (Wildman–Crippen MR) is 96.7 cm³/mol. The van der Waals surface area contributed by atoms with E-state index in [9.17, 15) is 14.4 Å². The largest absolute Gasteiger partial charge is 0.495 e. The molecule has 1 aromatic carbocycles. The van der Waals surface area contributed by atoms with E-state index in [1.807, 2.05) is 0 Å². The van der Waals surface area contributed by atoms with Gasteiger partial charge in [0.2, 0.25) is 17.7 Å². The van der Waals surface area contributed by atoms with Crippen LogP contribution in [0, 0.1) is 5.92 Å². The standard InChI is InChI=1S/C17H22ClN3O5/c1-20(2)16(23)8-19-17(24)10-5-15(22)21(9-10)12-6-11(18)13(25-3)7-14(12)26-4/h6-7,10H,5,8-9H2,1-4H3,(H,19,24)/t10-/m0/s1. The fourth-order valence-electron chi connectivity index (χ4n) is 2.64. The summed E-state index contributed by atoms with van der Waals surface area (Å²) in [6.07, 6.45) is 0.0504. The second-order valence-electron chi connectivity index (χ2n) is 6.07. The number of carbonyl (C=O) groups is 3. The Kier molecular flexibility index (Phi) is 6.31. The van der Waals surface area contributed by atoms with E-state index in [1.54, 1.807) is 26.2 Å². The first kappa shape index (κ1) is 19.8. The van der Waals surface area contributed by atoms with Gasteiger partial charge in [0.15, 0.2) is 0 Å². The van der Waals surface area contributed by atoms with Gasteiger partial charge in [0, 0.05) is 33.1 Å². The van der Waals surface area contributed by atoms with Crippen LogP contribution in [0.15, 0.2) is 12.1 Å². The Morgan fingerprint density at radius 3 is 2.50 bits per heavy atom. The third-order valence-corrected chi connectivity index (χ3v) is 4.45. The quantitative estimate of drug-likeness (QED) is 0.789. The van der Waals surface area contributed by atoms with E-state index >= 15 is 0 Å². The number of halogens is 1. The summed E-state index contributed by atoms with van der Waals surface area (Å²) in [5.41, 5.74) is 0.475. The molecule has 1 aliphatic heterocycles. The Balaban J connectivity index is 2.14. The van der Waals surface area contributed by atoms with Gasteiger partial charge in [-0.1, -0.05) is 11.6 Å². The third-order valence-electron chi connectivity index (χ3n) is 4.15. The van der Waals surface area contributed by atoms with Crippen molar-refractivity contribution in [2.45, 2.75) is 6.42 Å². The molecular weight excluding hydrogens is 362 g/mol. The van der Waals surface area contributed by atoms with Crippen LogP contribution in [0.3, 0.4) is 0 Å². The van der Waals surface area contributed by atoms with Crippen molar-refractivity contribution in [2.75, 3.05) is 46.3 Å². The molecule has 0 bridgehead atoms. The first-order valence-corrected chi connectivity index (χ1v) is 8.36. The molecule has 2 rings (SSSR count). The lowest BCUT2D eigenvalue weighted by atomic mass is 10.1. The summed E-state index contributed by atoms with van der Waals surface area (Å²) in [6.45, 7) is 0.0774. The van der Waals surface area contributed by atoms with Crippen LogP contribution >= 0.6 is 11.6 Å². The Bertz CT molecular complexity index is 723. The highest BCUT2D eigenvalue weighted by atomic mass is 35.5. The number of benzene rings is 1. The number of nitrogens with one attached hydrogen (secondary N) is 1. The van der Waals surface area contributed by atoms with Crippen LogP contribution in [-0.4, -0.2) is 64.0 Å². The molecule has 0 radical (unpaired) electrons. The first-order chi connectivity index (χ1) is 12.3. The van der Waals surface area contributed by atoms with Gasteiger partial charge in [-0.15, -0.1) is 0 Å². The fourth-order valence-corrected chi connectivity index (χ4v) is 2.87. The maximum absolute atomic E-state index is 12.4. The lowest BCUT2D eigenvalue weighted by Gasteiger charge is -2.21. The number of ether oxygens (including phenoxy) is 2. The molecule has 9 heteroatoms. The highest BCUT2D eigenvalue weighted by Gasteiger charge is 2.36. The summed E-state index contributed by atoms with van der Waals surface area (Å²) in [7, 11) is 6.17. The van der Waals surface area contributed by atoms with Crippen molar-refractivity contribution in [1.29, 1.82) is 0 Å². The van der Waals surface area contributed by atoms with Crippen LogP contribution in [-0.2, 0) is 14.4 Å². The Morgan fingerprint density at radius 2 is 1.92 bits per heavy atom. The Hall–Kier alpha value is -2.48. The van der Waals surface area contributed by atoms with E-state index in [2.05, 4.69) is 5.32 Å². The minimum Gasteiger partial charge on any atom is -0.495 e. The number of likely N-dealkylation sites (N-methyl/N-ethyl adjacent to an activating group) is 1. The van der Waals surface area contributed by atoms with Crippen molar-refractivity contribution in [1.82, 2.24) is 10.2 Å². The summed E-state index contributed by atoms with van der Waals surface area (Å²) >= 11 is 6.16. The van der Waals surface area contributed by atoms with E-state index in [0.29, 0.717) is 22.2 Å². The van der Waals surface area contributed by atoms with Crippen molar-refractivity contribution in [3.8, 4) is 11.5 Å². The minimum absolute atomic E-state index is 0.0504. The van der Waals surface area contributed by atoms with Crippen molar-refractivity contribution in [3.05, 3.63) is 17.2 Å². The molecule has 0 spiro atoms. The molecule has 142 valence electrons. The van der Waals surface area contributed by atoms with Gasteiger partial charge in [-0.05, 0) is 6.07 Å². The highest BCUT2D eigenvalue weighted by Crippen LogP contribution is 2.40. The van der Waals surface area contributed by atoms with E-state index in [0.717, 1.165) is 0 Å². The van der Waals surface area contributed by atoms with Crippen LogP contribution in [0.5, 0.6) is 11.5 Å². The molecule has 1 aliphatic rings. The van der Waals surface area contributed by atoms with Gasteiger partial charge in [0.25, 0.3) is 0 Å². The molecule has 0 aromatic heterocycles. The fraction of sp³-hybridized carbons (Fsp3) is 0.471. The Morgan fingerprint density at radius 1 is 1.27 bits per heavy atom. The maximum Gasteiger partial charge on any atom is 0.241 e. The molecule has 1 saturated heterocycles. The van der Waals surface area contributed by atoms with Gasteiger partial charge >= 0.3 is 0 Å². The zero-order valence-corrected chi connectivity index (χ0v) is 15.9. The van der Waals surface area contributed by atoms with Gasteiger partial charge in [0.1, 0.15) is 11.5 Å². The molecule has 1 heterocycles. The van der Waals surface area contributed by atoms with Crippen molar-refractivity contribution >= 4 is 35.0 Å². The van der Waals surface area contributed by atoms with Crippen LogP contribution in [0.2, 0.25) is 5.02 Å². The number of hydrogen-bond donors (Lipinski definition) is 1. The monoisotopic (exact) mass is 383 g/mol. The zero-order valence-electron chi connectivity index (χ0n) is 15.2. The van der Waals surface area contributed by atoms with E-state index in [1.165, 1.54) is 24.0 Å². The minimum atomic E-state index is -0.553. The van der Waals surface area contributed by atoms with Crippen LogP contribution in [0.25, 0.3) is 0 Å². The summed E-state index contributed by atoms with van der Waals surface area (Å²) in [5, 5.41) is 2.90. The smallest absolute Gasteiger partial charge is 0.241 e. The highest BCUT2D eigenvalue weighted by molar-refractivity contribution is 6.32. The van der Waals surface area contributed by atoms with Crippen LogP contribution in [0.1, 0.15) is 6.42 Å². The number of nitrogens with zero attached hydrogens (tertiary/aromatic N) is 2. The molecule has 26 heavy (non-hydrogen) atoms. The lowest BCUT2D eigenvalue weighted by Crippen LogP contribution is -2.39. The molecule has 0 unspecified atom stereocenters. The number of rotatable bonds is 6. The lowest BCUT2D eigenvalue weighted by molar-refractivity contribution is -0.132. The maximum atomic E-state index is 12.4. The molecule has 3 amide bonds. The SMILES string of the molecule is COc1cc(OC)c(N2C[C@@H](C(=O)NCC(=O)N(C)C)CC2=O)cc1Cl. The van der Waals surface area contributed by atoms with E-state index < -0.39 is 5.92 Å².